The van der Waals surface area contributed by atoms with Crippen LogP contribution in [0.25, 0.3) is 0 Å². The van der Waals surface area contributed by atoms with Crippen molar-refractivity contribution >= 4 is 5.97 Å². The van der Waals surface area contributed by atoms with Crippen LogP contribution in [-0.4, -0.2) is 25.3 Å². The fourth-order valence-electron chi connectivity index (χ4n) is 4.61. The molecule has 3 nitrogen and oxygen atoms in total. The normalized spacial score (nSPS) is 32.9. The molecule has 122 valence electrons. The fourth-order valence-corrected chi connectivity index (χ4v) is 4.61. The lowest BCUT2D eigenvalue weighted by Crippen LogP contribution is -2.15. The Labute approximate surface area is 129 Å². The fraction of sp³-hybridized carbons (Fsp3) is 0.944. The van der Waals surface area contributed by atoms with Crippen LogP contribution in [0.1, 0.15) is 71.6 Å². The topological polar surface area (TPSA) is 35.5 Å². The summed E-state index contributed by atoms with van der Waals surface area (Å²) >= 11 is 0. The van der Waals surface area contributed by atoms with Gasteiger partial charge in [0.25, 0.3) is 0 Å². The molecule has 0 amide bonds. The summed E-state index contributed by atoms with van der Waals surface area (Å²) in [6.07, 6.45) is 11.9. The lowest BCUT2D eigenvalue weighted by Gasteiger charge is -2.19. The van der Waals surface area contributed by atoms with E-state index in [2.05, 4.69) is 6.92 Å². The third-order valence-corrected chi connectivity index (χ3v) is 5.69. The van der Waals surface area contributed by atoms with Crippen molar-refractivity contribution in [3.8, 4) is 0 Å². The summed E-state index contributed by atoms with van der Waals surface area (Å²) < 4.78 is 10.9. The van der Waals surface area contributed by atoms with Crippen LogP contribution < -0.4 is 0 Å². The molecule has 21 heavy (non-hydrogen) atoms. The van der Waals surface area contributed by atoms with Gasteiger partial charge in [0.05, 0.1) is 6.10 Å². The molecule has 3 heteroatoms. The number of hydrogen-bond acceptors (Lipinski definition) is 3. The number of fused-ring (bicyclic) bond motifs is 1. The van der Waals surface area contributed by atoms with Gasteiger partial charge in [-0.2, -0.15) is 0 Å². The van der Waals surface area contributed by atoms with Gasteiger partial charge in [0.2, 0.25) is 0 Å². The average Bonchev–Trinajstić information content (AvgIpc) is 2.99. The molecule has 0 radical (unpaired) electrons. The summed E-state index contributed by atoms with van der Waals surface area (Å²) in [6, 6.07) is 0. The van der Waals surface area contributed by atoms with E-state index in [1.807, 2.05) is 7.11 Å². The maximum absolute atomic E-state index is 11.1. The number of rotatable bonds is 8. The number of carbonyl (C=O) groups excluding carboxylic acids is 1. The number of methoxy groups -OCH3 is 1. The second-order valence-electron chi connectivity index (χ2n) is 7.01. The van der Waals surface area contributed by atoms with Gasteiger partial charge in [0.15, 0.2) is 0 Å². The molecular weight excluding hydrogens is 264 g/mol. The van der Waals surface area contributed by atoms with E-state index >= 15 is 0 Å². The van der Waals surface area contributed by atoms with E-state index in [1.54, 1.807) is 0 Å². The molecule has 5 unspecified atom stereocenters. The molecule has 0 aliphatic heterocycles. The van der Waals surface area contributed by atoms with Crippen LogP contribution in [0.5, 0.6) is 0 Å². The minimum absolute atomic E-state index is 0.110. The largest absolute Gasteiger partial charge is 0.463 e. The number of esters is 1. The Bertz CT molecular complexity index is 324. The first-order valence-corrected chi connectivity index (χ1v) is 8.84. The van der Waals surface area contributed by atoms with Crippen LogP contribution >= 0.6 is 0 Å². The molecule has 0 N–H and O–H groups in total. The Balaban J connectivity index is 1.67. The SMILES string of the molecule is CCC(CCCCC1CCC2CC(OC(C)=O)CC12)OC. The molecular formula is C18H32O3. The van der Waals surface area contributed by atoms with Gasteiger partial charge in [0, 0.05) is 14.0 Å². The molecule has 5 atom stereocenters. The Morgan fingerprint density at radius 1 is 1.24 bits per heavy atom. The first-order valence-electron chi connectivity index (χ1n) is 8.84. The number of ether oxygens (including phenoxy) is 2. The van der Waals surface area contributed by atoms with Crippen molar-refractivity contribution < 1.29 is 14.3 Å². The molecule has 2 saturated carbocycles. The Morgan fingerprint density at radius 2 is 2.05 bits per heavy atom. The first kappa shape index (κ1) is 16.8. The zero-order chi connectivity index (χ0) is 15.2. The highest BCUT2D eigenvalue weighted by Crippen LogP contribution is 2.50. The minimum Gasteiger partial charge on any atom is -0.463 e. The molecule has 2 aliphatic carbocycles. The lowest BCUT2D eigenvalue weighted by atomic mass is 9.88. The molecule has 0 spiro atoms. The van der Waals surface area contributed by atoms with Gasteiger partial charge < -0.3 is 9.47 Å². The van der Waals surface area contributed by atoms with Crippen molar-refractivity contribution in [3.05, 3.63) is 0 Å². The van der Waals surface area contributed by atoms with E-state index in [0.717, 1.165) is 37.0 Å². The van der Waals surface area contributed by atoms with Crippen molar-refractivity contribution in [2.75, 3.05) is 7.11 Å². The summed E-state index contributed by atoms with van der Waals surface area (Å²) in [5.41, 5.74) is 0. The van der Waals surface area contributed by atoms with Gasteiger partial charge in [-0.05, 0) is 56.3 Å². The van der Waals surface area contributed by atoms with Gasteiger partial charge in [-0.3, -0.25) is 4.79 Å². The lowest BCUT2D eigenvalue weighted by molar-refractivity contribution is -0.146. The van der Waals surface area contributed by atoms with Crippen LogP contribution in [0, 0.1) is 17.8 Å². The Morgan fingerprint density at radius 3 is 2.71 bits per heavy atom. The molecule has 0 saturated heterocycles. The van der Waals surface area contributed by atoms with Crippen molar-refractivity contribution in [2.24, 2.45) is 17.8 Å². The minimum atomic E-state index is -0.110. The van der Waals surface area contributed by atoms with Gasteiger partial charge in [-0.15, -0.1) is 0 Å². The maximum Gasteiger partial charge on any atom is 0.302 e. The predicted octanol–water partition coefficient (Wildman–Crippen LogP) is 4.34. The molecule has 0 aromatic rings. The first-order chi connectivity index (χ1) is 10.1. The van der Waals surface area contributed by atoms with Crippen LogP contribution in [0.3, 0.4) is 0 Å². The monoisotopic (exact) mass is 296 g/mol. The number of unbranched alkanes of at least 4 members (excludes halogenated alkanes) is 1. The average molecular weight is 296 g/mol. The second-order valence-corrected chi connectivity index (χ2v) is 7.01. The highest BCUT2D eigenvalue weighted by molar-refractivity contribution is 5.66. The number of hydrogen-bond donors (Lipinski definition) is 0. The van der Waals surface area contributed by atoms with E-state index in [4.69, 9.17) is 9.47 Å². The Kier molecular flexibility index (Phi) is 6.53. The van der Waals surface area contributed by atoms with Gasteiger partial charge >= 0.3 is 5.97 Å². The third-order valence-electron chi connectivity index (χ3n) is 5.69. The molecule has 2 fully saturated rings. The van der Waals surface area contributed by atoms with E-state index in [9.17, 15) is 4.79 Å². The molecule has 0 bridgehead atoms. The number of carbonyl (C=O) groups is 1. The van der Waals surface area contributed by atoms with Gasteiger partial charge in [-0.1, -0.05) is 26.2 Å². The molecule has 2 rings (SSSR count). The Hall–Kier alpha value is -0.570. The van der Waals surface area contributed by atoms with Crippen molar-refractivity contribution in [3.63, 3.8) is 0 Å². The van der Waals surface area contributed by atoms with Crippen LogP contribution in [0.4, 0.5) is 0 Å². The van der Waals surface area contributed by atoms with Gasteiger partial charge in [-0.25, -0.2) is 0 Å². The van der Waals surface area contributed by atoms with E-state index < -0.39 is 0 Å². The maximum atomic E-state index is 11.1. The summed E-state index contributed by atoms with van der Waals surface area (Å²) in [5.74, 6) is 2.40. The smallest absolute Gasteiger partial charge is 0.302 e. The van der Waals surface area contributed by atoms with Crippen molar-refractivity contribution in [2.45, 2.75) is 83.8 Å². The third kappa shape index (κ3) is 4.70. The molecule has 0 aromatic carbocycles. The highest BCUT2D eigenvalue weighted by Gasteiger charge is 2.43. The van der Waals surface area contributed by atoms with Gasteiger partial charge in [0.1, 0.15) is 6.10 Å². The summed E-state index contributed by atoms with van der Waals surface area (Å²) in [6.45, 7) is 3.73. The molecule has 0 heterocycles. The van der Waals surface area contributed by atoms with Crippen LogP contribution in [0.15, 0.2) is 0 Å². The molecule has 2 aliphatic rings. The zero-order valence-electron chi connectivity index (χ0n) is 14.0. The summed E-state index contributed by atoms with van der Waals surface area (Å²) in [4.78, 5) is 11.1. The van der Waals surface area contributed by atoms with Crippen LogP contribution in [-0.2, 0) is 14.3 Å². The van der Waals surface area contributed by atoms with E-state index in [0.29, 0.717) is 6.10 Å². The van der Waals surface area contributed by atoms with E-state index in [1.165, 1.54) is 45.4 Å². The quantitative estimate of drug-likeness (QED) is 0.494. The summed E-state index contributed by atoms with van der Waals surface area (Å²) in [7, 11) is 1.82. The molecule has 0 aromatic heterocycles. The second kappa shape index (κ2) is 8.17. The zero-order valence-corrected chi connectivity index (χ0v) is 14.0. The van der Waals surface area contributed by atoms with Crippen LogP contribution in [0.2, 0.25) is 0 Å². The predicted molar refractivity (Wildman–Crippen MR) is 84.0 cm³/mol. The van der Waals surface area contributed by atoms with E-state index in [-0.39, 0.29) is 12.1 Å². The van der Waals surface area contributed by atoms with Crippen molar-refractivity contribution in [1.82, 2.24) is 0 Å². The van der Waals surface area contributed by atoms with Crippen molar-refractivity contribution in [1.29, 1.82) is 0 Å². The summed E-state index contributed by atoms with van der Waals surface area (Å²) in [5, 5.41) is 0. The standard InChI is InChI=1S/C18H32O3/c1-4-16(20-3)8-6-5-7-14-9-10-15-11-17(12-18(14)15)21-13(2)19/h14-18H,4-12H2,1-3H3. The highest BCUT2D eigenvalue weighted by atomic mass is 16.5.